The molecule has 0 fully saturated rings. The molecule has 0 aliphatic heterocycles. The lowest BCUT2D eigenvalue weighted by atomic mass is 10.1. The SMILES string of the molecule is CNC(=O)NC(=O)C(C)OC(=O)c1ccc(CNS(=O)(=O)c2ccc(F)c(F)c2F)cc1. The van der Waals surface area contributed by atoms with Gasteiger partial charge in [0, 0.05) is 13.6 Å². The molecule has 9 nitrogen and oxygen atoms in total. The molecule has 0 saturated heterocycles. The van der Waals surface area contributed by atoms with Crippen LogP contribution in [-0.4, -0.2) is 39.5 Å². The van der Waals surface area contributed by atoms with Gasteiger partial charge in [0.15, 0.2) is 23.6 Å². The summed E-state index contributed by atoms with van der Waals surface area (Å²) in [6.45, 7) is 0.914. The Morgan fingerprint density at radius 1 is 1.00 bits per heavy atom. The van der Waals surface area contributed by atoms with Crippen LogP contribution < -0.4 is 15.4 Å². The molecule has 0 bridgehead atoms. The fourth-order valence-corrected chi connectivity index (χ4v) is 3.37. The van der Waals surface area contributed by atoms with Crippen LogP contribution in [0.2, 0.25) is 0 Å². The summed E-state index contributed by atoms with van der Waals surface area (Å²) in [4.78, 5) is 33.9. The molecule has 3 N–H and O–H groups in total. The van der Waals surface area contributed by atoms with E-state index >= 15 is 0 Å². The van der Waals surface area contributed by atoms with Crippen LogP contribution in [0, 0.1) is 17.5 Å². The largest absolute Gasteiger partial charge is 0.449 e. The van der Waals surface area contributed by atoms with Crippen LogP contribution >= 0.6 is 0 Å². The number of carbonyl (C=O) groups is 3. The predicted octanol–water partition coefficient (Wildman–Crippen LogP) is 1.58. The molecule has 0 radical (unpaired) electrons. The van der Waals surface area contributed by atoms with E-state index in [0.717, 1.165) is 0 Å². The Balaban J connectivity index is 2.01. The minimum atomic E-state index is -4.49. The number of esters is 1. The van der Waals surface area contributed by atoms with E-state index in [1.807, 2.05) is 10.0 Å². The van der Waals surface area contributed by atoms with E-state index in [1.54, 1.807) is 0 Å². The number of hydrogen-bond acceptors (Lipinski definition) is 6. The Hall–Kier alpha value is -3.45. The molecule has 0 aliphatic carbocycles. The van der Waals surface area contributed by atoms with Crippen molar-refractivity contribution < 1.29 is 40.7 Å². The van der Waals surface area contributed by atoms with Crippen molar-refractivity contribution in [2.45, 2.75) is 24.5 Å². The minimum absolute atomic E-state index is 0.0304. The second-order valence-corrected chi connectivity index (χ2v) is 8.05. The summed E-state index contributed by atoms with van der Waals surface area (Å²) in [5.41, 5.74) is 0.376. The number of benzene rings is 2. The van der Waals surface area contributed by atoms with Crippen molar-refractivity contribution in [1.29, 1.82) is 0 Å². The van der Waals surface area contributed by atoms with Gasteiger partial charge >= 0.3 is 12.0 Å². The van der Waals surface area contributed by atoms with Gasteiger partial charge in [-0.3, -0.25) is 10.1 Å². The molecule has 2 aromatic carbocycles. The van der Waals surface area contributed by atoms with E-state index in [-0.39, 0.29) is 12.1 Å². The van der Waals surface area contributed by atoms with E-state index in [4.69, 9.17) is 4.74 Å². The molecule has 2 rings (SSSR count). The first kappa shape index (κ1) is 24.8. The second-order valence-electron chi connectivity index (χ2n) is 6.31. The lowest BCUT2D eigenvalue weighted by molar-refractivity contribution is -0.127. The third-order valence-electron chi connectivity index (χ3n) is 4.06. The molecule has 0 spiro atoms. The highest BCUT2D eigenvalue weighted by Crippen LogP contribution is 2.20. The van der Waals surface area contributed by atoms with Crippen molar-refractivity contribution >= 4 is 27.9 Å². The van der Waals surface area contributed by atoms with Crippen molar-refractivity contribution in [2.75, 3.05) is 7.05 Å². The molecule has 0 aliphatic rings. The minimum Gasteiger partial charge on any atom is -0.449 e. The summed E-state index contributed by atoms with van der Waals surface area (Å²) in [6.07, 6.45) is -1.27. The van der Waals surface area contributed by atoms with Gasteiger partial charge in [-0.2, -0.15) is 0 Å². The van der Waals surface area contributed by atoms with Crippen LogP contribution in [0.15, 0.2) is 41.3 Å². The zero-order valence-corrected chi connectivity index (χ0v) is 17.6. The third kappa shape index (κ3) is 6.04. The van der Waals surface area contributed by atoms with Crippen LogP contribution in [0.1, 0.15) is 22.8 Å². The Labute approximate surface area is 181 Å². The Kier molecular flexibility index (Phi) is 7.94. The molecule has 0 heterocycles. The van der Waals surface area contributed by atoms with Gasteiger partial charge in [0.1, 0.15) is 4.90 Å². The van der Waals surface area contributed by atoms with Crippen LogP contribution in [-0.2, 0) is 26.1 Å². The fraction of sp³-hybridized carbons (Fsp3) is 0.211. The van der Waals surface area contributed by atoms with Crippen molar-refractivity contribution in [1.82, 2.24) is 15.4 Å². The van der Waals surface area contributed by atoms with Gasteiger partial charge < -0.3 is 10.1 Å². The summed E-state index contributed by atoms with van der Waals surface area (Å²) in [5.74, 6) is -6.99. The first-order chi connectivity index (χ1) is 15.0. The lowest BCUT2D eigenvalue weighted by Gasteiger charge is -2.13. The van der Waals surface area contributed by atoms with Gasteiger partial charge in [0.2, 0.25) is 10.0 Å². The topological polar surface area (TPSA) is 131 Å². The van der Waals surface area contributed by atoms with E-state index in [0.29, 0.717) is 17.7 Å². The summed E-state index contributed by atoms with van der Waals surface area (Å²) in [7, 11) is -3.19. The smallest absolute Gasteiger partial charge is 0.338 e. The Bertz CT molecular complexity index is 1140. The molecule has 0 aromatic heterocycles. The zero-order valence-electron chi connectivity index (χ0n) is 16.7. The Morgan fingerprint density at radius 2 is 1.62 bits per heavy atom. The number of carbonyl (C=O) groups excluding carboxylic acids is 3. The maximum atomic E-state index is 13.7. The van der Waals surface area contributed by atoms with Gasteiger partial charge in [-0.05, 0) is 36.8 Å². The van der Waals surface area contributed by atoms with E-state index in [1.165, 1.54) is 38.2 Å². The van der Waals surface area contributed by atoms with Gasteiger partial charge in [0.25, 0.3) is 5.91 Å². The number of sulfonamides is 1. The number of rotatable bonds is 7. The fourth-order valence-electron chi connectivity index (χ4n) is 2.29. The highest BCUT2D eigenvalue weighted by molar-refractivity contribution is 7.89. The quantitative estimate of drug-likeness (QED) is 0.414. The number of halogens is 3. The third-order valence-corrected chi connectivity index (χ3v) is 5.48. The molecular weight excluding hydrogens is 455 g/mol. The number of hydrogen-bond donors (Lipinski definition) is 3. The van der Waals surface area contributed by atoms with Crippen molar-refractivity contribution in [3.05, 3.63) is 65.0 Å². The van der Waals surface area contributed by atoms with E-state index < -0.39 is 56.4 Å². The van der Waals surface area contributed by atoms with Gasteiger partial charge in [-0.1, -0.05) is 12.1 Å². The number of urea groups is 1. The van der Waals surface area contributed by atoms with Gasteiger partial charge in [-0.15, -0.1) is 0 Å². The highest BCUT2D eigenvalue weighted by Gasteiger charge is 2.24. The molecule has 0 saturated carbocycles. The van der Waals surface area contributed by atoms with E-state index in [9.17, 15) is 36.0 Å². The molecule has 13 heteroatoms. The normalized spacial score (nSPS) is 12.0. The van der Waals surface area contributed by atoms with Crippen LogP contribution in [0.5, 0.6) is 0 Å². The van der Waals surface area contributed by atoms with E-state index in [2.05, 4.69) is 5.32 Å². The summed E-state index contributed by atoms with van der Waals surface area (Å²) < 4.78 is 71.3. The van der Waals surface area contributed by atoms with Gasteiger partial charge in [0.05, 0.1) is 5.56 Å². The standard InChI is InChI=1S/C19H18F3N3O6S/c1-10(17(26)25-19(28)23-2)31-18(27)12-5-3-11(4-6-12)9-24-32(29,30)14-8-7-13(20)15(21)16(14)22/h3-8,10,24H,9H2,1-2H3,(H2,23,25,26,28). The average Bonchev–Trinajstić information content (AvgIpc) is 2.76. The Morgan fingerprint density at radius 3 is 2.22 bits per heavy atom. The summed E-state index contributed by atoms with van der Waals surface area (Å²) in [6, 6.07) is 5.60. The highest BCUT2D eigenvalue weighted by atomic mass is 32.2. The molecule has 172 valence electrons. The molecular formula is C19H18F3N3O6S. The number of imide groups is 1. The molecule has 32 heavy (non-hydrogen) atoms. The second kappa shape index (κ2) is 10.2. The van der Waals surface area contributed by atoms with Crippen molar-refractivity contribution in [3.8, 4) is 0 Å². The maximum Gasteiger partial charge on any atom is 0.338 e. The zero-order chi connectivity index (χ0) is 24.1. The first-order valence-electron chi connectivity index (χ1n) is 8.92. The van der Waals surface area contributed by atoms with Crippen molar-refractivity contribution in [3.63, 3.8) is 0 Å². The molecule has 2 aromatic rings. The maximum absolute atomic E-state index is 13.7. The van der Waals surface area contributed by atoms with Crippen LogP contribution in [0.4, 0.5) is 18.0 Å². The van der Waals surface area contributed by atoms with Crippen molar-refractivity contribution in [2.24, 2.45) is 0 Å². The number of ether oxygens (including phenoxy) is 1. The van der Waals surface area contributed by atoms with Crippen LogP contribution in [0.25, 0.3) is 0 Å². The number of nitrogens with one attached hydrogen (secondary N) is 3. The summed E-state index contributed by atoms with van der Waals surface area (Å²) in [5, 5.41) is 4.11. The molecule has 3 amide bonds. The predicted molar refractivity (Wildman–Crippen MR) is 104 cm³/mol. The van der Waals surface area contributed by atoms with Gasteiger partial charge in [-0.25, -0.2) is 35.9 Å². The average molecular weight is 473 g/mol. The summed E-state index contributed by atoms with van der Waals surface area (Å²) >= 11 is 0. The molecule has 1 unspecified atom stereocenters. The number of amides is 3. The first-order valence-corrected chi connectivity index (χ1v) is 10.4. The molecule has 1 atom stereocenters. The monoisotopic (exact) mass is 473 g/mol. The lowest BCUT2D eigenvalue weighted by Crippen LogP contribution is -2.43. The van der Waals surface area contributed by atoms with Crippen LogP contribution in [0.3, 0.4) is 0 Å².